The molecule has 2 N–H and O–H groups in total. The Bertz CT molecular complexity index is 690. The van der Waals surface area contributed by atoms with Crippen LogP contribution in [0.2, 0.25) is 0 Å². The molecule has 0 radical (unpaired) electrons. The zero-order chi connectivity index (χ0) is 18.0. The van der Waals surface area contributed by atoms with Crippen LogP contribution < -0.4 is 10.6 Å². The molecule has 0 atom stereocenters. The van der Waals surface area contributed by atoms with Crippen molar-refractivity contribution in [3.8, 4) is 11.6 Å². The van der Waals surface area contributed by atoms with Gasteiger partial charge in [0, 0.05) is 52.4 Å². The number of aromatic nitrogens is 3. The molecule has 0 bridgehead atoms. The Labute approximate surface area is 176 Å². The van der Waals surface area contributed by atoms with E-state index in [-0.39, 0.29) is 24.0 Å². The first-order valence-electron chi connectivity index (χ1n) is 8.84. The molecule has 0 amide bonds. The number of aliphatic imine (C=N–C) groups is 1. The minimum atomic E-state index is 0. The van der Waals surface area contributed by atoms with Crippen molar-refractivity contribution in [3.63, 3.8) is 0 Å². The van der Waals surface area contributed by atoms with Crippen molar-refractivity contribution >= 4 is 29.9 Å². The molecular weight excluding hydrogens is 461 g/mol. The number of nitrogens with zero attached hydrogens (tertiary/aromatic N) is 5. The molecule has 10 heteroatoms. The fourth-order valence-corrected chi connectivity index (χ4v) is 2.62. The molecule has 0 aromatic carbocycles. The maximum Gasteiger partial charge on any atom is 0.276 e. The summed E-state index contributed by atoms with van der Waals surface area (Å²) in [5, 5.41) is 10.6. The van der Waals surface area contributed by atoms with Gasteiger partial charge in [0.05, 0.1) is 13.2 Å². The largest absolute Gasteiger partial charge is 0.379 e. The highest BCUT2D eigenvalue weighted by molar-refractivity contribution is 14.0. The fraction of sp³-hybridized carbons (Fsp3) is 0.529. The minimum Gasteiger partial charge on any atom is -0.379 e. The van der Waals surface area contributed by atoms with Crippen LogP contribution in [-0.2, 0) is 11.2 Å². The van der Waals surface area contributed by atoms with Crippen LogP contribution in [0.5, 0.6) is 0 Å². The van der Waals surface area contributed by atoms with Gasteiger partial charge in [0.25, 0.3) is 5.89 Å². The number of rotatable bonds is 7. The number of ether oxygens (including phenoxy) is 1. The van der Waals surface area contributed by atoms with E-state index in [1.165, 1.54) is 0 Å². The topological polar surface area (TPSA) is 101 Å². The lowest BCUT2D eigenvalue weighted by Crippen LogP contribution is -2.44. The van der Waals surface area contributed by atoms with Gasteiger partial charge in [-0.2, -0.15) is 4.98 Å². The van der Waals surface area contributed by atoms with E-state index >= 15 is 0 Å². The van der Waals surface area contributed by atoms with Crippen molar-refractivity contribution in [1.29, 1.82) is 0 Å². The maximum absolute atomic E-state index is 5.35. The first kappa shape index (κ1) is 21.5. The van der Waals surface area contributed by atoms with E-state index in [1.54, 1.807) is 13.2 Å². The third-order valence-corrected chi connectivity index (χ3v) is 4.04. The fourth-order valence-electron chi connectivity index (χ4n) is 2.62. The lowest BCUT2D eigenvalue weighted by Gasteiger charge is -2.26. The van der Waals surface area contributed by atoms with Gasteiger partial charge in [0.1, 0.15) is 5.69 Å². The summed E-state index contributed by atoms with van der Waals surface area (Å²) >= 11 is 0. The number of pyridine rings is 1. The lowest BCUT2D eigenvalue weighted by molar-refractivity contribution is 0.0389. The second-order valence-corrected chi connectivity index (χ2v) is 5.86. The van der Waals surface area contributed by atoms with Crippen LogP contribution in [0, 0.1) is 0 Å². The second-order valence-electron chi connectivity index (χ2n) is 5.86. The van der Waals surface area contributed by atoms with Gasteiger partial charge in [-0.05, 0) is 12.1 Å². The molecule has 1 aliphatic rings. The highest BCUT2D eigenvalue weighted by atomic mass is 127. The van der Waals surface area contributed by atoms with Crippen molar-refractivity contribution in [2.24, 2.45) is 4.99 Å². The predicted molar refractivity (Wildman–Crippen MR) is 113 cm³/mol. The van der Waals surface area contributed by atoms with Crippen molar-refractivity contribution in [2.45, 2.75) is 6.42 Å². The highest BCUT2D eigenvalue weighted by Gasteiger charge is 2.11. The monoisotopic (exact) mass is 487 g/mol. The quantitative estimate of drug-likeness (QED) is 0.336. The van der Waals surface area contributed by atoms with Gasteiger partial charge in [-0.3, -0.25) is 14.9 Å². The molecule has 0 spiro atoms. The lowest BCUT2D eigenvalue weighted by atomic mass is 10.3. The first-order valence-corrected chi connectivity index (χ1v) is 8.84. The molecule has 3 heterocycles. The second kappa shape index (κ2) is 11.8. The average molecular weight is 487 g/mol. The highest BCUT2D eigenvalue weighted by Crippen LogP contribution is 2.12. The van der Waals surface area contributed by atoms with E-state index in [4.69, 9.17) is 9.26 Å². The molecule has 0 unspecified atom stereocenters. The molecular formula is C17H26IN7O2. The van der Waals surface area contributed by atoms with E-state index in [0.717, 1.165) is 45.4 Å². The van der Waals surface area contributed by atoms with Crippen molar-refractivity contribution < 1.29 is 9.26 Å². The molecule has 9 nitrogen and oxygen atoms in total. The summed E-state index contributed by atoms with van der Waals surface area (Å²) in [6, 6.07) is 5.58. The zero-order valence-electron chi connectivity index (χ0n) is 15.4. The number of nitrogens with one attached hydrogen (secondary N) is 2. The summed E-state index contributed by atoms with van der Waals surface area (Å²) in [5.41, 5.74) is 0.680. The summed E-state index contributed by atoms with van der Waals surface area (Å²) < 4.78 is 10.6. The van der Waals surface area contributed by atoms with Crippen molar-refractivity contribution in [3.05, 3.63) is 30.2 Å². The molecule has 3 rings (SSSR count). The zero-order valence-corrected chi connectivity index (χ0v) is 17.8. The van der Waals surface area contributed by atoms with Crippen LogP contribution in [-0.4, -0.2) is 79.0 Å². The van der Waals surface area contributed by atoms with Crippen LogP contribution >= 0.6 is 24.0 Å². The Balaban J connectivity index is 0.00000261. The summed E-state index contributed by atoms with van der Waals surface area (Å²) in [5.74, 6) is 1.85. The number of morpholine rings is 1. The van der Waals surface area contributed by atoms with Crippen molar-refractivity contribution in [2.75, 3.05) is 53.0 Å². The predicted octanol–water partition coefficient (Wildman–Crippen LogP) is 0.789. The molecule has 0 aliphatic carbocycles. The maximum atomic E-state index is 5.35. The smallest absolute Gasteiger partial charge is 0.276 e. The van der Waals surface area contributed by atoms with Gasteiger partial charge < -0.3 is 19.9 Å². The molecule has 1 saturated heterocycles. The number of hydrogen-bond donors (Lipinski definition) is 2. The van der Waals surface area contributed by atoms with Crippen LogP contribution in [0.25, 0.3) is 11.6 Å². The molecule has 2 aromatic rings. The number of guanidine groups is 1. The van der Waals surface area contributed by atoms with Gasteiger partial charge >= 0.3 is 0 Å². The minimum absolute atomic E-state index is 0. The Morgan fingerprint density at radius 3 is 2.78 bits per heavy atom. The first-order chi connectivity index (χ1) is 12.8. The summed E-state index contributed by atoms with van der Waals surface area (Å²) in [6.07, 6.45) is 2.34. The third-order valence-electron chi connectivity index (χ3n) is 4.04. The molecule has 148 valence electrons. The Morgan fingerprint density at radius 1 is 1.22 bits per heavy atom. The summed E-state index contributed by atoms with van der Waals surface area (Å²) in [4.78, 5) is 15.2. The SMILES string of the molecule is CN=C(NCCc1noc(-c2ccccn2)n1)NCCN1CCOCC1.I. The normalized spacial score (nSPS) is 15.2. The molecule has 1 fully saturated rings. The van der Waals surface area contributed by atoms with E-state index in [0.29, 0.717) is 30.4 Å². The summed E-state index contributed by atoms with van der Waals surface area (Å²) in [6.45, 7) is 6.09. The van der Waals surface area contributed by atoms with Gasteiger partial charge in [-0.1, -0.05) is 11.2 Å². The Hall–Kier alpha value is -1.79. The standard InChI is InChI=1S/C17H25N7O2.HI/c1-18-17(21-8-9-24-10-12-25-13-11-24)20-7-5-15-22-16(26-23-15)14-4-2-3-6-19-14;/h2-4,6H,5,7-13H2,1H3,(H2,18,20,21);1H. The molecule has 0 saturated carbocycles. The van der Waals surface area contributed by atoms with Crippen LogP contribution in [0.1, 0.15) is 5.82 Å². The van der Waals surface area contributed by atoms with Crippen LogP contribution in [0.15, 0.2) is 33.9 Å². The Morgan fingerprint density at radius 2 is 2.04 bits per heavy atom. The van der Waals surface area contributed by atoms with Crippen LogP contribution in [0.4, 0.5) is 0 Å². The van der Waals surface area contributed by atoms with E-state index in [9.17, 15) is 0 Å². The van der Waals surface area contributed by atoms with Gasteiger partial charge in [0.2, 0.25) is 0 Å². The van der Waals surface area contributed by atoms with Crippen LogP contribution in [0.3, 0.4) is 0 Å². The Kier molecular flexibility index (Phi) is 9.42. The van der Waals surface area contributed by atoms with Gasteiger partial charge in [0.15, 0.2) is 11.8 Å². The third kappa shape index (κ3) is 7.03. The molecule has 1 aliphatic heterocycles. The van der Waals surface area contributed by atoms with E-state index in [1.807, 2.05) is 18.2 Å². The van der Waals surface area contributed by atoms with Gasteiger partial charge in [-0.15, -0.1) is 24.0 Å². The average Bonchev–Trinajstić information content (AvgIpc) is 3.17. The number of hydrogen-bond acceptors (Lipinski definition) is 7. The summed E-state index contributed by atoms with van der Waals surface area (Å²) in [7, 11) is 1.76. The molecule has 2 aromatic heterocycles. The van der Waals surface area contributed by atoms with Crippen molar-refractivity contribution in [1.82, 2.24) is 30.7 Å². The van der Waals surface area contributed by atoms with E-state index in [2.05, 4.69) is 35.7 Å². The van der Waals surface area contributed by atoms with E-state index < -0.39 is 0 Å². The van der Waals surface area contributed by atoms with Gasteiger partial charge in [-0.25, -0.2) is 0 Å². The molecule has 27 heavy (non-hydrogen) atoms. The number of halogens is 1.